The lowest BCUT2D eigenvalue weighted by Gasteiger charge is -2.26. The molecule has 182 valence electrons. The summed E-state index contributed by atoms with van der Waals surface area (Å²) in [5.41, 5.74) is 2.09. The van der Waals surface area contributed by atoms with Gasteiger partial charge in [-0.2, -0.15) is 0 Å². The number of fused-ring (bicyclic) bond motifs is 1. The number of para-hydroxylation sites is 3. The number of rotatable bonds is 8. The summed E-state index contributed by atoms with van der Waals surface area (Å²) in [5.74, 6) is 0.139. The molecule has 0 spiro atoms. The third-order valence-corrected chi connectivity index (χ3v) is 5.94. The molecule has 0 aliphatic carbocycles. The highest BCUT2D eigenvalue weighted by atomic mass is 16.5. The van der Waals surface area contributed by atoms with Crippen molar-refractivity contribution in [2.45, 2.75) is 45.8 Å². The Morgan fingerprint density at radius 3 is 2.35 bits per heavy atom. The van der Waals surface area contributed by atoms with Crippen molar-refractivity contribution in [3.63, 3.8) is 0 Å². The topological polar surface area (TPSA) is 91.0 Å². The number of nitrogens with zero attached hydrogens (tertiary/aromatic N) is 2. The molecule has 8 nitrogen and oxygen atoms in total. The van der Waals surface area contributed by atoms with Gasteiger partial charge in [0, 0.05) is 12.0 Å². The Balaban J connectivity index is 2.08. The standard InChI is InChI=1S/C26H34N4O4/c1-17(2)14-24(31)29-16-20(28-25(32)18(3)27-4)26(33)30(22-12-8-7-11-21(22)29)15-19-10-6-9-13-23(19)34-5/h6-13,17-18,20,27H,14-16H2,1-5H3,(H,28,32)/t18-,20?/m0/s1. The predicted octanol–water partition coefficient (Wildman–Crippen LogP) is 2.71. The average molecular weight is 467 g/mol. The molecule has 0 radical (unpaired) electrons. The number of amides is 3. The van der Waals surface area contributed by atoms with Crippen LogP contribution in [0.5, 0.6) is 5.75 Å². The van der Waals surface area contributed by atoms with E-state index in [1.54, 1.807) is 30.9 Å². The molecule has 0 saturated heterocycles. The Bertz CT molecular complexity index is 1040. The molecule has 0 saturated carbocycles. The van der Waals surface area contributed by atoms with Crippen LogP contribution in [0.4, 0.5) is 11.4 Å². The van der Waals surface area contributed by atoms with E-state index in [1.807, 2.05) is 62.4 Å². The summed E-state index contributed by atoms with van der Waals surface area (Å²) in [6, 6.07) is 13.5. The zero-order valence-electron chi connectivity index (χ0n) is 20.5. The maximum atomic E-state index is 13.9. The molecular formula is C26H34N4O4. The lowest BCUT2D eigenvalue weighted by molar-refractivity contribution is -0.128. The molecular weight excluding hydrogens is 432 g/mol. The van der Waals surface area contributed by atoms with Gasteiger partial charge in [-0.05, 0) is 38.1 Å². The lowest BCUT2D eigenvalue weighted by atomic mass is 10.1. The van der Waals surface area contributed by atoms with Gasteiger partial charge in [0.05, 0.1) is 37.6 Å². The van der Waals surface area contributed by atoms with E-state index < -0.39 is 12.1 Å². The van der Waals surface area contributed by atoms with Gasteiger partial charge < -0.3 is 25.2 Å². The minimum Gasteiger partial charge on any atom is -0.496 e. The SMILES string of the molecule is CN[C@@H](C)C(=O)NC1CN(C(=O)CC(C)C)c2ccccc2N(Cc2ccccc2OC)C1=O. The van der Waals surface area contributed by atoms with Gasteiger partial charge in [-0.25, -0.2) is 0 Å². The maximum Gasteiger partial charge on any atom is 0.251 e. The summed E-state index contributed by atoms with van der Waals surface area (Å²) in [5, 5.41) is 5.75. The van der Waals surface area contributed by atoms with E-state index in [0.717, 1.165) is 5.56 Å². The van der Waals surface area contributed by atoms with Crippen LogP contribution in [-0.4, -0.2) is 50.5 Å². The van der Waals surface area contributed by atoms with Crippen LogP contribution in [-0.2, 0) is 20.9 Å². The molecule has 0 aromatic heterocycles. The normalized spacial score (nSPS) is 16.6. The van der Waals surface area contributed by atoms with Crippen molar-refractivity contribution in [1.82, 2.24) is 10.6 Å². The summed E-state index contributed by atoms with van der Waals surface area (Å²) in [6.45, 7) is 5.98. The van der Waals surface area contributed by atoms with Crippen LogP contribution in [0.1, 0.15) is 32.8 Å². The highest BCUT2D eigenvalue weighted by Gasteiger charge is 2.37. The Hall–Kier alpha value is -3.39. The number of hydrogen-bond acceptors (Lipinski definition) is 5. The third-order valence-electron chi connectivity index (χ3n) is 5.94. The molecule has 0 bridgehead atoms. The van der Waals surface area contributed by atoms with E-state index in [1.165, 1.54) is 0 Å². The van der Waals surface area contributed by atoms with Crippen molar-refractivity contribution < 1.29 is 19.1 Å². The fourth-order valence-electron chi connectivity index (χ4n) is 3.98. The Morgan fingerprint density at radius 1 is 1.06 bits per heavy atom. The van der Waals surface area contributed by atoms with Gasteiger partial charge in [0.15, 0.2) is 0 Å². The second kappa shape index (κ2) is 11.2. The van der Waals surface area contributed by atoms with Crippen LogP contribution in [0.15, 0.2) is 48.5 Å². The Kier molecular flexibility index (Phi) is 8.28. The molecule has 0 fully saturated rings. The van der Waals surface area contributed by atoms with E-state index in [-0.39, 0.29) is 36.7 Å². The number of carbonyl (C=O) groups excluding carboxylic acids is 3. The largest absolute Gasteiger partial charge is 0.496 e. The van der Waals surface area contributed by atoms with Crippen molar-refractivity contribution in [2.75, 3.05) is 30.5 Å². The van der Waals surface area contributed by atoms with Crippen molar-refractivity contribution in [1.29, 1.82) is 0 Å². The fraction of sp³-hybridized carbons (Fsp3) is 0.423. The molecule has 8 heteroatoms. The van der Waals surface area contributed by atoms with Crippen LogP contribution in [0.25, 0.3) is 0 Å². The molecule has 3 rings (SSSR count). The van der Waals surface area contributed by atoms with Crippen molar-refractivity contribution in [3.8, 4) is 5.75 Å². The first-order chi connectivity index (χ1) is 16.3. The number of hydrogen-bond donors (Lipinski definition) is 2. The average Bonchev–Trinajstić information content (AvgIpc) is 2.94. The number of methoxy groups -OCH3 is 1. The molecule has 2 N–H and O–H groups in total. The molecule has 1 aliphatic heterocycles. The molecule has 2 atom stereocenters. The van der Waals surface area contributed by atoms with Gasteiger partial charge in [0.1, 0.15) is 11.8 Å². The Labute approximate surface area is 201 Å². The zero-order chi connectivity index (χ0) is 24.8. The quantitative estimate of drug-likeness (QED) is 0.624. The number of nitrogens with one attached hydrogen (secondary N) is 2. The molecule has 1 heterocycles. The predicted molar refractivity (Wildman–Crippen MR) is 133 cm³/mol. The number of likely N-dealkylation sites (N-methyl/N-ethyl adjacent to an activating group) is 1. The minimum atomic E-state index is -0.901. The molecule has 34 heavy (non-hydrogen) atoms. The highest BCUT2D eigenvalue weighted by molar-refractivity contribution is 6.08. The maximum absolute atomic E-state index is 13.9. The Morgan fingerprint density at radius 2 is 1.71 bits per heavy atom. The second-order valence-corrected chi connectivity index (χ2v) is 8.90. The summed E-state index contributed by atoms with van der Waals surface area (Å²) in [7, 11) is 3.27. The third kappa shape index (κ3) is 5.56. The first-order valence-electron chi connectivity index (χ1n) is 11.6. The van der Waals surface area contributed by atoms with Crippen LogP contribution >= 0.6 is 0 Å². The highest BCUT2D eigenvalue weighted by Crippen LogP contribution is 2.35. The number of anilines is 2. The smallest absolute Gasteiger partial charge is 0.251 e. The van der Waals surface area contributed by atoms with Crippen LogP contribution in [0.2, 0.25) is 0 Å². The monoisotopic (exact) mass is 466 g/mol. The van der Waals surface area contributed by atoms with Crippen molar-refractivity contribution in [3.05, 3.63) is 54.1 Å². The van der Waals surface area contributed by atoms with Gasteiger partial charge in [-0.15, -0.1) is 0 Å². The fourth-order valence-corrected chi connectivity index (χ4v) is 3.98. The van der Waals surface area contributed by atoms with E-state index in [2.05, 4.69) is 10.6 Å². The first-order valence-corrected chi connectivity index (χ1v) is 11.6. The van der Waals surface area contributed by atoms with Gasteiger partial charge in [0.2, 0.25) is 11.8 Å². The number of ether oxygens (including phenoxy) is 1. The summed E-state index contributed by atoms with van der Waals surface area (Å²) < 4.78 is 5.50. The van der Waals surface area contributed by atoms with Crippen LogP contribution in [0, 0.1) is 5.92 Å². The molecule has 2 aromatic rings. The van der Waals surface area contributed by atoms with E-state index in [0.29, 0.717) is 23.5 Å². The van der Waals surface area contributed by atoms with Crippen molar-refractivity contribution in [2.24, 2.45) is 5.92 Å². The lowest BCUT2D eigenvalue weighted by Crippen LogP contribution is -2.55. The van der Waals surface area contributed by atoms with Crippen molar-refractivity contribution >= 4 is 29.1 Å². The number of benzene rings is 2. The summed E-state index contributed by atoms with van der Waals surface area (Å²) in [4.78, 5) is 43.1. The molecule has 2 aromatic carbocycles. The zero-order valence-corrected chi connectivity index (χ0v) is 20.5. The second-order valence-electron chi connectivity index (χ2n) is 8.90. The van der Waals surface area contributed by atoms with Gasteiger partial charge in [-0.3, -0.25) is 14.4 Å². The molecule has 1 aliphatic rings. The van der Waals surface area contributed by atoms with Crippen LogP contribution in [0.3, 0.4) is 0 Å². The van der Waals surface area contributed by atoms with Crippen LogP contribution < -0.4 is 25.2 Å². The molecule has 1 unspecified atom stereocenters. The minimum absolute atomic E-state index is 0.0615. The van der Waals surface area contributed by atoms with E-state index in [4.69, 9.17) is 4.74 Å². The van der Waals surface area contributed by atoms with Gasteiger partial charge in [-0.1, -0.05) is 44.2 Å². The summed E-state index contributed by atoms with van der Waals surface area (Å²) >= 11 is 0. The summed E-state index contributed by atoms with van der Waals surface area (Å²) in [6.07, 6.45) is 0.336. The first kappa shape index (κ1) is 25.2. The van der Waals surface area contributed by atoms with Gasteiger partial charge in [0.25, 0.3) is 5.91 Å². The van der Waals surface area contributed by atoms with E-state index in [9.17, 15) is 14.4 Å². The molecule has 3 amide bonds. The van der Waals surface area contributed by atoms with Gasteiger partial charge >= 0.3 is 0 Å². The van der Waals surface area contributed by atoms with E-state index >= 15 is 0 Å². The number of carbonyl (C=O) groups is 3.